The first-order chi connectivity index (χ1) is 16.9. The van der Waals surface area contributed by atoms with Gasteiger partial charge in [-0.05, 0) is 42.5 Å². The molecule has 35 heavy (non-hydrogen) atoms. The van der Waals surface area contributed by atoms with Crippen molar-refractivity contribution in [3.8, 4) is 10.6 Å². The highest BCUT2D eigenvalue weighted by molar-refractivity contribution is 7.13. The fourth-order valence-corrected chi connectivity index (χ4v) is 4.77. The number of nitrogens with one attached hydrogen (secondary N) is 3. The first-order valence-electron chi connectivity index (χ1n) is 10.9. The van der Waals surface area contributed by atoms with E-state index in [4.69, 9.17) is 34.0 Å². The van der Waals surface area contributed by atoms with Crippen molar-refractivity contribution in [1.29, 1.82) is 0 Å². The summed E-state index contributed by atoms with van der Waals surface area (Å²) >= 11 is 13.5. The lowest BCUT2D eigenvalue weighted by Gasteiger charge is -2.33. The van der Waals surface area contributed by atoms with Gasteiger partial charge >= 0.3 is 6.03 Å². The molecule has 0 radical (unpaired) electrons. The largest absolute Gasteiger partial charge is 0.323 e. The van der Waals surface area contributed by atoms with Gasteiger partial charge in [0, 0.05) is 55.0 Å². The quantitative estimate of drug-likeness (QED) is 0.208. The maximum absolute atomic E-state index is 12.3. The number of nitrogens with zero attached hydrogens (tertiary/aromatic N) is 3. The van der Waals surface area contributed by atoms with Crippen molar-refractivity contribution in [2.24, 2.45) is 5.84 Å². The Morgan fingerprint density at radius 2 is 1.60 bits per heavy atom. The number of carbonyl (C=O) groups excluding carboxylic acids is 2. The molecule has 4 rings (SSSR count). The van der Waals surface area contributed by atoms with Crippen molar-refractivity contribution in [2.75, 3.05) is 43.4 Å². The van der Waals surface area contributed by atoms with Crippen LogP contribution in [0.5, 0.6) is 0 Å². The topological polar surface area (TPSA) is 116 Å². The van der Waals surface area contributed by atoms with Gasteiger partial charge in [-0.15, -0.1) is 11.3 Å². The summed E-state index contributed by atoms with van der Waals surface area (Å²) in [6.45, 7) is 4.47. The second-order valence-corrected chi connectivity index (χ2v) is 9.72. The van der Waals surface area contributed by atoms with Crippen LogP contribution in [0.1, 0.15) is 5.69 Å². The summed E-state index contributed by atoms with van der Waals surface area (Å²) in [7, 11) is 0. The first-order valence-corrected chi connectivity index (χ1v) is 12.6. The van der Waals surface area contributed by atoms with Gasteiger partial charge in [-0.3, -0.25) is 20.0 Å². The molecule has 1 aromatic heterocycles. The fourth-order valence-electron chi connectivity index (χ4n) is 3.66. The van der Waals surface area contributed by atoms with Crippen LogP contribution in [0.25, 0.3) is 10.6 Å². The van der Waals surface area contributed by atoms with Crippen molar-refractivity contribution in [1.82, 2.24) is 20.2 Å². The van der Waals surface area contributed by atoms with E-state index in [1.54, 1.807) is 29.5 Å². The Morgan fingerprint density at radius 1 is 0.943 bits per heavy atom. The number of rotatable bonds is 7. The monoisotopic (exact) mass is 533 g/mol. The van der Waals surface area contributed by atoms with Crippen LogP contribution in [0.15, 0.2) is 47.8 Å². The second kappa shape index (κ2) is 11.8. The van der Waals surface area contributed by atoms with Gasteiger partial charge in [0.05, 0.1) is 22.3 Å². The van der Waals surface area contributed by atoms with E-state index < -0.39 is 0 Å². The highest BCUT2D eigenvalue weighted by Crippen LogP contribution is 2.27. The zero-order valence-electron chi connectivity index (χ0n) is 18.8. The van der Waals surface area contributed by atoms with Gasteiger partial charge in [0.15, 0.2) is 0 Å². The molecule has 0 aliphatic carbocycles. The van der Waals surface area contributed by atoms with Gasteiger partial charge in [0.25, 0.3) is 0 Å². The minimum Gasteiger partial charge on any atom is -0.308 e. The molecule has 1 aliphatic rings. The minimum atomic E-state index is -0.378. The van der Waals surface area contributed by atoms with E-state index in [1.165, 1.54) is 0 Å². The number of hydrogen-bond donors (Lipinski definition) is 4. The Kier molecular flexibility index (Phi) is 8.55. The maximum atomic E-state index is 12.3. The molecule has 2 heterocycles. The fraction of sp³-hybridized carbons (Fsp3) is 0.261. The molecule has 3 aromatic rings. The Bertz CT molecular complexity index is 1180. The molecular formula is C23H25Cl2N7O2S. The number of hydrogen-bond acceptors (Lipinski definition) is 7. The van der Waals surface area contributed by atoms with E-state index in [0.29, 0.717) is 28.0 Å². The number of carbonyl (C=O) groups is 2. The molecule has 1 saturated heterocycles. The van der Waals surface area contributed by atoms with E-state index in [2.05, 4.69) is 31.2 Å². The summed E-state index contributed by atoms with van der Waals surface area (Å²) in [5.74, 6) is 4.99. The zero-order chi connectivity index (χ0) is 24.8. The molecule has 0 unspecified atom stereocenters. The number of aromatic nitrogens is 1. The lowest BCUT2D eigenvalue weighted by Crippen LogP contribution is -2.49. The molecule has 184 valence electrons. The molecule has 5 N–H and O–H groups in total. The average molecular weight is 534 g/mol. The van der Waals surface area contributed by atoms with Crippen molar-refractivity contribution >= 4 is 57.9 Å². The SMILES string of the molecule is NNC(=O)CN1CCN(Cc2csc(-c3ccc(NC(=O)Nc4ccc(Cl)c(Cl)c4)cc3)n2)CC1. The summed E-state index contributed by atoms with van der Waals surface area (Å²) < 4.78 is 0. The van der Waals surface area contributed by atoms with Crippen LogP contribution in [0, 0.1) is 0 Å². The van der Waals surface area contributed by atoms with E-state index >= 15 is 0 Å². The normalized spacial score (nSPS) is 14.5. The standard InChI is InChI=1S/C23H25Cl2N7O2S/c24-19-6-5-17(11-20(19)25)29-23(34)28-16-3-1-15(2-4-16)22-27-18(14-35-22)12-31-7-9-32(10-8-31)13-21(33)30-26/h1-6,11,14H,7-10,12-13,26H2,(H,30,33)(H2,28,29,34). The van der Waals surface area contributed by atoms with Crippen molar-refractivity contribution in [2.45, 2.75) is 6.54 Å². The van der Waals surface area contributed by atoms with Gasteiger partial charge in [0.1, 0.15) is 5.01 Å². The van der Waals surface area contributed by atoms with Gasteiger partial charge < -0.3 is 10.6 Å². The Labute approximate surface area is 217 Å². The summed E-state index contributed by atoms with van der Waals surface area (Å²) in [4.78, 5) is 32.9. The molecule has 12 heteroatoms. The number of thiazole rings is 1. The lowest BCUT2D eigenvalue weighted by molar-refractivity contribution is -0.122. The van der Waals surface area contributed by atoms with E-state index in [9.17, 15) is 9.59 Å². The van der Waals surface area contributed by atoms with E-state index in [-0.39, 0.29) is 11.9 Å². The van der Waals surface area contributed by atoms with Crippen molar-refractivity contribution in [3.63, 3.8) is 0 Å². The number of nitrogens with two attached hydrogens (primary N) is 1. The highest BCUT2D eigenvalue weighted by Gasteiger charge is 2.19. The van der Waals surface area contributed by atoms with Gasteiger partial charge in [-0.25, -0.2) is 15.6 Å². The molecular weight excluding hydrogens is 509 g/mol. The number of amides is 3. The van der Waals surface area contributed by atoms with Gasteiger partial charge in [0.2, 0.25) is 5.91 Å². The lowest BCUT2D eigenvalue weighted by atomic mass is 10.2. The Morgan fingerprint density at radius 3 is 2.29 bits per heavy atom. The average Bonchev–Trinajstić information content (AvgIpc) is 3.31. The third-order valence-corrected chi connectivity index (χ3v) is 7.18. The molecule has 1 fully saturated rings. The Balaban J connectivity index is 1.27. The first kappa shape index (κ1) is 25.4. The molecule has 0 bridgehead atoms. The summed E-state index contributed by atoms with van der Waals surface area (Å²) in [6, 6.07) is 12.0. The van der Waals surface area contributed by atoms with Crippen LogP contribution in [-0.2, 0) is 11.3 Å². The van der Waals surface area contributed by atoms with Crippen LogP contribution in [-0.4, -0.2) is 59.4 Å². The molecule has 0 spiro atoms. The maximum Gasteiger partial charge on any atom is 0.323 e. The van der Waals surface area contributed by atoms with E-state index in [1.807, 2.05) is 24.3 Å². The predicted octanol–water partition coefficient (Wildman–Crippen LogP) is 3.87. The van der Waals surface area contributed by atoms with Crippen LogP contribution in [0.4, 0.5) is 16.2 Å². The number of halogens is 2. The number of piperazine rings is 1. The van der Waals surface area contributed by atoms with Crippen LogP contribution < -0.4 is 21.9 Å². The molecule has 0 atom stereocenters. The van der Waals surface area contributed by atoms with Crippen LogP contribution in [0.3, 0.4) is 0 Å². The zero-order valence-corrected chi connectivity index (χ0v) is 21.1. The second-order valence-electron chi connectivity index (χ2n) is 8.05. The number of hydrazine groups is 1. The summed E-state index contributed by atoms with van der Waals surface area (Å²) in [6.07, 6.45) is 0. The molecule has 2 aromatic carbocycles. The minimum absolute atomic E-state index is 0.170. The number of anilines is 2. The van der Waals surface area contributed by atoms with Gasteiger partial charge in [-0.2, -0.15) is 0 Å². The van der Waals surface area contributed by atoms with Crippen molar-refractivity contribution < 1.29 is 9.59 Å². The molecule has 9 nitrogen and oxygen atoms in total. The molecule has 0 saturated carbocycles. The van der Waals surface area contributed by atoms with Crippen molar-refractivity contribution in [3.05, 3.63) is 63.6 Å². The van der Waals surface area contributed by atoms with E-state index in [0.717, 1.165) is 49.0 Å². The van der Waals surface area contributed by atoms with Crippen LogP contribution >= 0.6 is 34.5 Å². The number of benzene rings is 2. The van der Waals surface area contributed by atoms with Crippen LogP contribution in [0.2, 0.25) is 10.0 Å². The highest BCUT2D eigenvalue weighted by atomic mass is 35.5. The molecule has 3 amide bonds. The van der Waals surface area contributed by atoms with Gasteiger partial charge in [-0.1, -0.05) is 23.2 Å². The summed E-state index contributed by atoms with van der Waals surface area (Å²) in [5.41, 5.74) is 5.37. The third-order valence-electron chi connectivity index (χ3n) is 5.50. The number of urea groups is 1. The summed E-state index contributed by atoms with van der Waals surface area (Å²) in [5, 5.41) is 9.31. The predicted molar refractivity (Wildman–Crippen MR) is 141 cm³/mol. The molecule has 1 aliphatic heterocycles. The smallest absolute Gasteiger partial charge is 0.308 e. The third kappa shape index (κ3) is 7.14. The Hall–Kier alpha value is -2.73.